The van der Waals surface area contributed by atoms with Crippen molar-refractivity contribution in [3.8, 4) is 6.07 Å². The number of piperazine rings is 1. The van der Waals surface area contributed by atoms with Crippen LogP contribution in [0.25, 0.3) is 0 Å². The quantitative estimate of drug-likeness (QED) is 0.825. The van der Waals surface area contributed by atoms with Crippen LogP contribution in [0.1, 0.15) is 12.6 Å². The van der Waals surface area contributed by atoms with Crippen LogP contribution < -0.4 is 4.90 Å². The molecule has 5 nitrogen and oxygen atoms in total. The summed E-state index contributed by atoms with van der Waals surface area (Å²) in [6.45, 7) is 4.42. The molecule has 0 bridgehead atoms. The molecule has 0 saturated carbocycles. The average Bonchev–Trinajstić information content (AvgIpc) is 2.46. The van der Waals surface area contributed by atoms with E-state index in [9.17, 15) is 13.2 Å². The van der Waals surface area contributed by atoms with Crippen LogP contribution in [0, 0.1) is 11.3 Å². The number of alkyl halides is 3. The summed E-state index contributed by atoms with van der Waals surface area (Å²) in [6.07, 6.45) is -4.47. The van der Waals surface area contributed by atoms with Crippen LogP contribution in [0.2, 0.25) is 0 Å². The van der Waals surface area contributed by atoms with E-state index in [0.29, 0.717) is 32.0 Å². The van der Waals surface area contributed by atoms with Gasteiger partial charge in [0.15, 0.2) is 11.5 Å². The lowest BCUT2D eigenvalue weighted by atomic mass is 10.2. The molecule has 108 valence electrons. The molecule has 2 heterocycles. The van der Waals surface area contributed by atoms with E-state index in [4.69, 9.17) is 5.26 Å². The third kappa shape index (κ3) is 3.17. The summed E-state index contributed by atoms with van der Waals surface area (Å²) in [5, 5.41) is 15.7. The molecule has 20 heavy (non-hydrogen) atoms. The third-order valence-corrected chi connectivity index (χ3v) is 3.31. The van der Waals surface area contributed by atoms with Gasteiger partial charge < -0.3 is 4.90 Å². The lowest BCUT2D eigenvalue weighted by molar-refractivity contribution is -0.141. The van der Waals surface area contributed by atoms with Crippen molar-refractivity contribution in [2.24, 2.45) is 0 Å². The summed E-state index contributed by atoms with van der Waals surface area (Å²) < 4.78 is 37.2. The number of nitrogens with zero attached hydrogens (tertiary/aromatic N) is 5. The number of hydrogen-bond acceptors (Lipinski definition) is 5. The Hall–Kier alpha value is -1.88. The molecule has 1 unspecified atom stereocenters. The summed E-state index contributed by atoms with van der Waals surface area (Å²) in [5.74, 6) is 0.433. The standard InChI is InChI=1S/C12H14F3N5/c1-9(8-16)19-4-6-20(7-5-19)11-3-2-10(17-18-11)12(13,14)15/h2-3,9H,4-7H2,1H3. The number of nitriles is 1. The second-order valence-corrected chi connectivity index (χ2v) is 4.60. The van der Waals surface area contributed by atoms with Gasteiger partial charge in [0, 0.05) is 26.2 Å². The SMILES string of the molecule is CC(C#N)N1CCN(c2ccc(C(F)(F)F)nn2)CC1. The molecule has 0 amide bonds. The van der Waals surface area contributed by atoms with Crippen LogP contribution in [0.15, 0.2) is 12.1 Å². The first kappa shape index (κ1) is 14.5. The van der Waals surface area contributed by atoms with Crippen LogP contribution in [-0.4, -0.2) is 47.3 Å². The molecule has 8 heteroatoms. The van der Waals surface area contributed by atoms with Gasteiger partial charge in [-0.2, -0.15) is 18.4 Å². The van der Waals surface area contributed by atoms with Gasteiger partial charge in [0.2, 0.25) is 0 Å². The van der Waals surface area contributed by atoms with Crippen molar-refractivity contribution >= 4 is 5.82 Å². The molecule has 1 aliphatic heterocycles. The predicted molar refractivity (Wildman–Crippen MR) is 65.9 cm³/mol. The molecule has 1 fully saturated rings. The van der Waals surface area contributed by atoms with Crippen molar-refractivity contribution in [2.75, 3.05) is 31.1 Å². The molecule has 0 spiro atoms. The Morgan fingerprint density at radius 1 is 1.20 bits per heavy atom. The minimum atomic E-state index is -4.47. The molecule has 0 radical (unpaired) electrons. The Morgan fingerprint density at radius 3 is 2.30 bits per heavy atom. The summed E-state index contributed by atoms with van der Waals surface area (Å²) >= 11 is 0. The summed E-state index contributed by atoms with van der Waals surface area (Å²) in [7, 11) is 0. The van der Waals surface area contributed by atoms with E-state index in [2.05, 4.69) is 16.3 Å². The lowest BCUT2D eigenvalue weighted by Gasteiger charge is -2.36. The molecule has 1 aliphatic rings. The van der Waals surface area contributed by atoms with Gasteiger partial charge in [-0.15, -0.1) is 10.2 Å². The Bertz CT molecular complexity index is 485. The van der Waals surface area contributed by atoms with Crippen LogP contribution >= 0.6 is 0 Å². The van der Waals surface area contributed by atoms with Crippen LogP contribution in [0.3, 0.4) is 0 Å². The van der Waals surface area contributed by atoms with Crippen molar-refractivity contribution < 1.29 is 13.2 Å². The minimum Gasteiger partial charge on any atom is -0.353 e. The van der Waals surface area contributed by atoms with Crippen molar-refractivity contribution in [2.45, 2.75) is 19.1 Å². The summed E-state index contributed by atoms with van der Waals surface area (Å²) in [4.78, 5) is 3.89. The van der Waals surface area contributed by atoms with E-state index in [1.165, 1.54) is 6.07 Å². The molecular formula is C12H14F3N5. The van der Waals surface area contributed by atoms with E-state index in [0.717, 1.165) is 6.07 Å². The number of hydrogen-bond donors (Lipinski definition) is 0. The first-order valence-electron chi connectivity index (χ1n) is 6.21. The number of anilines is 1. The molecule has 0 aromatic carbocycles. The van der Waals surface area contributed by atoms with Gasteiger partial charge in [-0.05, 0) is 19.1 Å². The van der Waals surface area contributed by atoms with Gasteiger partial charge >= 0.3 is 6.18 Å². The Kier molecular flexibility index (Phi) is 4.09. The number of halogens is 3. The van der Waals surface area contributed by atoms with Gasteiger partial charge in [0.25, 0.3) is 0 Å². The van der Waals surface area contributed by atoms with Crippen LogP contribution in [0.5, 0.6) is 0 Å². The van der Waals surface area contributed by atoms with Gasteiger partial charge in [-0.1, -0.05) is 0 Å². The highest BCUT2D eigenvalue weighted by Crippen LogP contribution is 2.27. The largest absolute Gasteiger partial charge is 0.435 e. The molecular weight excluding hydrogens is 271 g/mol. The first-order chi connectivity index (χ1) is 9.41. The van der Waals surface area contributed by atoms with Gasteiger partial charge in [0.1, 0.15) is 0 Å². The maximum atomic E-state index is 12.4. The highest BCUT2D eigenvalue weighted by molar-refractivity contribution is 5.38. The van der Waals surface area contributed by atoms with E-state index in [1.54, 1.807) is 0 Å². The van der Waals surface area contributed by atoms with Crippen molar-refractivity contribution in [1.82, 2.24) is 15.1 Å². The van der Waals surface area contributed by atoms with E-state index in [-0.39, 0.29) is 6.04 Å². The fourth-order valence-corrected chi connectivity index (χ4v) is 2.07. The molecule has 1 saturated heterocycles. The highest BCUT2D eigenvalue weighted by Gasteiger charge is 2.33. The fraction of sp³-hybridized carbons (Fsp3) is 0.583. The molecule has 0 aliphatic carbocycles. The smallest absolute Gasteiger partial charge is 0.353 e. The second kappa shape index (κ2) is 5.63. The van der Waals surface area contributed by atoms with Crippen LogP contribution in [0.4, 0.5) is 19.0 Å². The maximum absolute atomic E-state index is 12.4. The van der Waals surface area contributed by atoms with Gasteiger partial charge in [0.05, 0.1) is 12.1 Å². The molecule has 2 rings (SSSR count). The normalized spacial score (nSPS) is 18.6. The van der Waals surface area contributed by atoms with E-state index >= 15 is 0 Å². The fourth-order valence-electron chi connectivity index (χ4n) is 2.07. The highest BCUT2D eigenvalue weighted by atomic mass is 19.4. The zero-order valence-corrected chi connectivity index (χ0v) is 10.9. The van der Waals surface area contributed by atoms with Crippen LogP contribution in [-0.2, 0) is 6.18 Å². The Morgan fingerprint density at radius 2 is 1.85 bits per heavy atom. The first-order valence-corrected chi connectivity index (χ1v) is 6.21. The maximum Gasteiger partial charge on any atom is 0.435 e. The summed E-state index contributed by atoms with van der Waals surface area (Å²) in [5.41, 5.74) is -0.988. The van der Waals surface area contributed by atoms with Gasteiger partial charge in [-0.25, -0.2) is 0 Å². The van der Waals surface area contributed by atoms with E-state index in [1.807, 2.05) is 16.7 Å². The third-order valence-electron chi connectivity index (χ3n) is 3.31. The monoisotopic (exact) mass is 285 g/mol. The Labute approximate surface area is 114 Å². The number of rotatable bonds is 2. The zero-order chi connectivity index (χ0) is 14.8. The van der Waals surface area contributed by atoms with Crippen molar-refractivity contribution in [1.29, 1.82) is 5.26 Å². The Balaban J connectivity index is 1.99. The van der Waals surface area contributed by atoms with Crippen molar-refractivity contribution in [3.05, 3.63) is 17.8 Å². The van der Waals surface area contributed by atoms with Gasteiger partial charge in [-0.3, -0.25) is 4.90 Å². The molecule has 1 atom stereocenters. The predicted octanol–water partition coefficient (Wildman–Crippen LogP) is 1.53. The molecule has 1 aromatic heterocycles. The molecule has 1 aromatic rings. The zero-order valence-electron chi connectivity index (χ0n) is 10.9. The van der Waals surface area contributed by atoms with Crippen molar-refractivity contribution in [3.63, 3.8) is 0 Å². The van der Waals surface area contributed by atoms with E-state index < -0.39 is 11.9 Å². The average molecular weight is 285 g/mol. The minimum absolute atomic E-state index is 0.157. The number of aromatic nitrogens is 2. The topological polar surface area (TPSA) is 56.1 Å². The second-order valence-electron chi connectivity index (χ2n) is 4.60. The summed E-state index contributed by atoms with van der Waals surface area (Å²) in [6, 6.07) is 4.28. The molecule has 0 N–H and O–H groups in total. The lowest BCUT2D eigenvalue weighted by Crippen LogP contribution is -2.49.